The van der Waals surface area contributed by atoms with E-state index in [1.165, 1.54) is 23.3 Å². The van der Waals surface area contributed by atoms with Crippen molar-refractivity contribution in [2.45, 2.75) is 33.1 Å². The molecule has 0 heterocycles. The van der Waals surface area contributed by atoms with Crippen LogP contribution in [0.15, 0.2) is 60.7 Å². The summed E-state index contributed by atoms with van der Waals surface area (Å²) in [7, 11) is 0. The molecule has 0 amide bonds. The van der Waals surface area contributed by atoms with Crippen LogP contribution in [-0.4, -0.2) is 25.2 Å². The lowest BCUT2D eigenvalue weighted by Crippen LogP contribution is -1.98. The fourth-order valence-electron chi connectivity index (χ4n) is 2.80. The molecule has 29 heavy (non-hydrogen) atoms. The number of aryl methyl sites for hydroxylation is 2. The third-order valence-electron chi connectivity index (χ3n) is 4.29. The highest BCUT2D eigenvalue weighted by atomic mass is 16.5. The van der Waals surface area contributed by atoms with E-state index in [0.717, 1.165) is 30.4 Å². The number of hydrogen-bond donors (Lipinski definition) is 0. The van der Waals surface area contributed by atoms with Gasteiger partial charge in [-0.2, -0.15) is 0 Å². The Balaban J connectivity index is 1.78. The maximum atomic E-state index is 11.3. The fraction of sp³-hybridized carbons (Fsp3) is 0.280. The molecule has 2 aromatic carbocycles. The topological polar surface area (TPSA) is 52.6 Å². The Morgan fingerprint density at radius 2 is 1.07 bits per heavy atom. The SMILES string of the molecule is CCOC(=O)C=Cc1ccc(CCCc2ccc(C=CC(=O)OCC)cc2)cc1. The first-order valence-corrected chi connectivity index (χ1v) is 9.98. The van der Waals surface area contributed by atoms with Gasteiger partial charge in [-0.1, -0.05) is 48.5 Å². The summed E-state index contributed by atoms with van der Waals surface area (Å²) in [6.45, 7) is 4.35. The standard InChI is InChI=1S/C25H28O4/c1-3-28-24(26)18-16-22-12-8-20(9-13-22)6-5-7-21-10-14-23(15-11-21)17-19-25(27)29-4-2/h8-19H,3-7H2,1-2H3. The predicted octanol–water partition coefficient (Wildman–Crippen LogP) is 5.01. The second kappa shape index (κ2) is 12.3. The van der Waals surface area contributed by atoms with Crippen LogP contribution in [0.5, 0.6) is 0 Å². The Hall–Kier alpha value is -3.14. The van der Waals surface area contributed by atoms with Gasteiger partial charge in [-0.15, -0.1) is 0 Å². The summed E-state index contributed by atoms with van der Waals surface area (Å²) < 4.78 is 9.75. The minimum absolute atomic E-state index is 0.320. The quantitative estimate of drug-likeness (QED) is 0.421. The van der Waals surface area contributed by atoms with Gasteiger partial charge in [-0.3, -0.25) is 0 Å². The molecule has 4 nitrogen and oxygen atoms in total. The zero-order valence-electron chi connectivity index (χ0n) is 17.1. The van der Waals surface area contributed by atoms with E-state index in [1.54, 1.807) is 26.0 Å². The van der Waals surface area contributed by atoms with Crippen molar-refractivity contribution in [3.05, 3.63) is 82.9 Å². The van der Waals surface area contributed by atoms with Crippen LogP contribution >= 0.6 is 0 Å². The van der Waals surface area contributed by atoms with E-state index in [-0.39, 0.29) is 11.9 Å². The zero-order chi connectivity index (χ0) is 20.9. The molecule has 0 aliphatic carbocycles. The van der Waals surface area contributed by atoms with E-state index in [2.05, 4.69) is 24.3 Å². The van der Waals surface area contributed by atoms with Gasteiger partial charge in [0.2, 0.25) is 0 Å². The van der Waals surface area contributed by atoms with Gasteiger partial charge in [0, 0.05) is 12.2 Å². The van der Waals surface area contributed by atoms with Gasteiger partial charge in [0.15, 0.2) is 0 Å². The molecule has 0 unspecified atom stereocenters. The number of ether oxygens (including phenoxy) is 2. The molecular formula is C25H28O4. The van der Waals surface area contributed by atoms with E-state index >= 15 is 0 Å². The number of benzene rings is 2. The monoisotopic (exact) mass is 392 g/mol. The minimum Gasteiger partial charge on any atom is -0.463 e. The van der Waals surface area contributed by atoms with Crippen molar-refractivity contribution in [1.82, 2.24) is 0 Å². The molecule has 152 valence electrons. The normalized spacial score (nSPS) is 11.1. The van der Waals surface area contributed by atoms with Gasteiger partial charge >= 0.3 is 11.9 Å². The first kappa shape index (κ1) is 22.2. The Morgan fingerprint density at radius 1 is 0.690 bits per heavy atom. The first-order valence-electron chi connectivity index (χ1n) is 9.98. The van der Waals surface area contributed by atoms with Crippen LogP contribution in [0, 0.1) is 0 Å². The van der Waals surface area contributed by atoms with Gasteiger partial charge < -0.3 is 9.47 Å². The maximum Gasteiger partial charge on any atom is 0.330 e. The Morgan fingerprint density at radius 3 is 1.41 bits per heavy atom. The summed E-state index contributed by atoms with van der Waals surface area (Å²) in [5, 5.41) is 0. The van der Waals surface area contributed by atoms with Crippen molar-refractivity contribution in [3.8, 4) is 0 Å². The molecule has 0 aromatic heterocycles. The van der Waals surface area contributed by atoms with E-state index < -0.39 is 0 Å². The zero-order valence-corrected chi connectivity index (χ0v) is 17.1. The van der Waals surface area contributed by atoms with Gasteiger partial charge in [-0.05, 0) is 67.5 Å². The number of carbonyl (C=O) groups is 2. The number of hydrogen-bond acceptors (Lipinski definition) is 4. The predicted molar refractivity (Wildman–Crippen MR) is 116 cm³/mol. The van der Waals surface area contributed by atoms with Crippen molar-refractivity contribution in [2.24, 2.45) is 0 Å². The van der Waals surface area contributed by atoms with Gasteiger partial charge in [0.05, 0.1) is 13.2 Å². The van der Waals surface area contributed by atoms with Crippen molar-refractivity contribution in [1.29, 1.82) is 0 Å². The van der Waals surface area contributed by atoms with Crippen LogP contribution in [0.1, 0.15) is 42.5 Å². The van der Waals surface area contributed by atoms with Crippen LogP contribution in [-0.2, 0) is 31.9 Å². The molecule has 0 bridgehead atoms. The van der Waals surface area contributed by atoms with Crippen LogP contribution in [0.2, 0.25) is 0 Å². The number of carbonyl (C=O) groups excluding carboxylic acids is 2. The fourth-order valence-corrected chi connectivity index (χ4v) is 2.80. The highest BCUT2D eigenvalue weighted by Gasteiger charge is 1.99. The van der Waals surface area contributed by atoms with Gasteiger partial charge in [-0.25, -0.2) is 9.59 Å². The second-order valence-electron chi connectivity index (χ2n) is 6.51. The van der Waals surface area contributed by atoms with Gasteiger partial charge in [0.25, 0.3) is 0 Å². The Bertz CT molecular complexity index is 759. The average molecular weight is 392 g/mol. The summed E-state index contributed by atoms with van der Waals surface area (Å²) >= 11 is 0. The lowest BCUT2D eigenvalue weighted by atomic mass is 10.0. The molecule has 0 saturated carbocycles. The lowest BCUT2D eigenvalue weighted by Gasteiger charge is -2.04. The molecular weight excluding hydrogens is 364 g/mol. The van der Waals surface area contributed by atoms with Crippen LogP contribution in [0.25, 0.3) is 12.2 Å². The third kappa shape index (κ3) is 8.60. The molecule has 0 aliphatic rings. The van der Waals surface area contributed by atoms with Gasteiger partial charge in [0.1, 0.15) is 0 Å². The Labute approximate surface area is 172 Å². The number of esters is 2. The molecule has 2 rings (SSSR count). The van der Waals surface area contributed by atoms with E-state index in [0.29, 0.717) is 13.2 Å². The van der Waals surface area contributed by atoms with Crippen LogP contribution < -0.4 is 0 Å². The molecule has 0 radical (unpaired) electrons. The molecule has 0 fully saturated rings. The summed E-state index contributed by atoms with van der Waals surface area (Å²) in [5.74, 6) is -0.641. The molecule has 4 heteroatoms. The summed E-state index contributed by atoms with van der Waals surface area (Å²) in [5.41, 5.74) is 4.50. The highest BCUT2D eigenvalue weighted by molar-refractivity contribution is 5.87. The first-order chi connectivity index (χ1) is 14.1. The lowest BCUT2D eigenvalue weighted by molar-refractivity contribution is -0.138. The van der Waals surface area contributed by atoms with E-state index in [4.69, 9.17) is 9.47 Å². The molecule has 2 aromatic rings. The summed E-state index contributed by atoms with van der Waals surface area (Å²) in [6.07, 6.45) is 9.46. The van der Waals surface area contributed by atoms with Crippen molar-refractivity contribution in [3.63, 3.8) is 0 Å². The van der Waals surface area contributed by atoms with E-state index in [9.17, 15) is 9.59 Å². The average Bonchev–Trinajstić information content (AvgIpc) is 2.73. The highest BCUT2D eigenvalue weighted by Crippen LogP contribution is 2.12. The molecule has 0 aliphatic heterocycles. The smallest absolute Gasteiger partial charge is 0.330 e. The minimum atomic E-state index is -0.320. The third-order valence-corrected chi connectivity index (χ3v) is 4.29. The molecule has 0 saturated heterocycles. The largest absolute Gasteiger partial charge is 0.463 e. The number of rotatable bonds is 10. The molecule has 0 N–H and O–H groups in total. The van der Waals surface area contributed by atoms with Crippen molar-refractivity contribution >= 4 is 24.1 Å². The van der Waals surface area contributed by atoms with Crippen molar-refractivity contribution < 1.29 is 19.1 Å². The summed E-state index contributed by atoms with van der Waals surface area (Å²) in [6, 6.07) is 16.4. The molecule has 0 spiro atoms. The van der Waals surface area contributed by atoms with Crippen LogP contribution in [0.4, 0.5) is 0 Å². The maximum absolute atomic E-state index is 11.3. The molecule has 0 atom stereocenters. The Kier molecular flexibility index (Phi) is 9.43. The van der Waals surface area contributed by atoms with Crippen LogP contribution in [0.3, 0.4) is 0 Å². The van der Waals surface area contributed by atoms with E-state index in [1.807, 2.05) is 24.3 Å². The summed E-state index contributed by atoms with van der Waals surface area (Å²) in [4.78, 5) is 22.7. The second-order valence-corrected chi connectivity index (χ2v) is 6.51. The van der Waals surface area contributed by atoms with Crippen molar-refractivity contribution in [2.75, 3.05) is 13.2 Å².